The Morgan fingerprint density at radius 1 is 1.10 bits per heavy atom. The molecule has 7 heteroatoms. The number of nitrogens with zero attached hydrogens (tertiary/aromatic N) is 2. The SMILES string of the molecule is CCN(CC)c1ccc(CNC(=NC)NCC(CO)c2ccccc2)cc1F.I. The van der Waals surface area contributed by atoms with E-state index in [0.29, 0.717) is 24.7 Å². The van der Waals surface area contributed by atoms with Crippen LogP contribution in [0.5, 0.6) is 0 Å². The third-order valence-electron chi connectivity index (χ3n) is 4.81. The lowest BCUT2D eigenvalue weighted by Crippen LogP contribution is -2.39. The molecule has 29 heavy (non-hydrogen) atoms. The maximum atomic E-state index is 14.4. The van der Waals surface area contributed by atoms with Crippen molar-refractivity contribution >= 4 is 35.6 Å². The zero-order chi connectivity index (χ0) is 20.4. The second-order valence-electron chi connectivity index (χ2n) is 6.55. The van der Waals surface area contributed by atoms with Crippen LogP contribution < -0.4 is 15.5 Å². The quantitative estimate of drug-likeness (QED) is 0.271. The third-order valence-corrected chi connectivity index (χ3v) is 4.81. The van der Waals surface area contributed by atoms with Crippen LogP contribution in [0.4, 0.5) is 10.1 Å². The number of aliphatic hydroxyl groups is 1. The Hall–Kier alpha value is -1.87. The number of benzene rings is 2. The molecule has 0 saturated carbocycles. The molecule has 2 aromatic rings. The first-order chi connectivity index (χ1) is 13.6. The number of guanidine groups is 1. The molecule has 1 unspecified atom stereocenters. The van der Waals surface area contributed by atoms with Gasteiger partial charge < -0.3 is 20.6 Å². The van der Waals surface area contributed by atoms with E-state index in [2.05, 4.69) is 15.6 Å². The zero-order valence-corrected chi connectivity index (χ0v) is 19.7. The highest BCUT2D eigenvalue weighted by atomic mass is 127. The molecule has 2 rings (SSSR count). The van der Waals surface area contributed by atoms with E-state index in [9.17, 15) is 9.50 Å². The van der Waals surface area contributed by atoms with Crippen molar-refractivity contribution in [3.63, 3.8) is 0 Å². The molecule has 3 N–H and O–H groups in total. The molecule has 0 saturated heterocycles. The standard InChI is InChI=1S/C22H31FN4O.HI/c1-4-27(5-2)21-12-11-17(13-20(21)23)14-25-22(24-3)26-15-19(16-28)18-9-7-6-8-10-18;/h6-13,19,28H,4-5,14-16H2,1-3H3,(H2,24,25,26);1H. The van der Waals surface area contributed by atoms with E-state index >= 15 is 0 Å². The molecule has 0 fully saturated rings. The molecule has 0 heterocycles. The molecular formula is C22H32FIN4O. The van der Waals surface area contributed by atoms with Gasteiger partial charge in [0.15, 0.2) is 5.96 Å². The van der Waals surface area contributed by atoms with Crippen molar-refractivity contribution in [2.24, 2.45) is 4.99 Å². The molecule has 2 aromatic carbocycles. The predicted octanol–water partition coefficient (Wildman–Crippen LogP) is 3.73. The van der Waals surface area contributed by atoms with Gasteiger partial charge in [-0.25, -0.2) is 4.39 Å². The summed E-state index contributed by atoms with van der Waals surface area (Å²) in [5, 5.41) is 16.1. The molecule has 0 aliphatic heterocycles. The van der Waals surface area contributed by atoms with E-state index in [0.717, 1.165) is 24.2 Å². The molecule has 1 atom stereocenters. The fourth-order valence-corrected chi connectivity index (χ4v) is 3.12. The molecule has 160 valence electrons. The Morgan fingerprint density at radius 2 is 1.79 bits per heavy atom. The number of hydrogen-bond acceptors (Lipinski definition) is 3. The second kappa shape index (κ2) is 13.4. The van der Waals surface area contributed by atoms with Crippen molar-refractivity contribution in [1.29, 1.82) is 0 Å². The van der Waals surface area contributed by atoms with Crippen LogP contribution in [-0.2, 0) is 6.54 Å². The van der Waals surface area contributed by atoms with E-state index in [4.69, 9.17) is 0 Å². The third kappa shape index (κ3) is 7.47. The molecule has 0 aliphatic carbocycles. The Labute approximate surface area is 190 Å². The lowest BCUT2D eigenvalue weighted by molar-refractivity contribution is 0.265. The molecule has 0 aromatic heterocycles. The number of halogens is 2. The van der Waals surface area contributed by atoms with Gasteiger partial charge in [0.25, 0.3) is 0 Å². The summed E-state index contributed by atoms with van der Waals surface area (Å²) in [7, 11) is 1.69. The van der Waals surface area contributed by atoms with Crippen LogP contribution in [0.2, 0.25) is 0 Å². The molecule has 0 bridgehead atoms. The van der Waals surface area contributed by atoms with Crippen molar-refractivity contribution < 1.29 is 9.50 Å². The van der Waals surface area contributed by atoms with Gasteiger partial charge in [-0.05, 0) is 37.1 Å². The van der Waals surface area contributed by atoms with Crippen LogP contribution in [0.1, 0.15) is 30.9 Å². The predicted molar refractivity (Wildman–Crippen MR) is 130 cm³/mol. The summed E-state index contributed by atoms with van der Waals surface area (Å²) >= 11 is 0. The van der Waals surface area contributed by atoms with Gasteiger partial charge >= 0.3 is 0 Å². The Bertz CT molecular complexity index is 754. The highest BCUT2D eigenvalue weighted by molar-refractivity contribution is 14.0. The van der Waals surface area contributed by atoms with Gasteiger partial charge in [0, 0.05) is 39.1 Å². The van der Waals surface area contributed by atoms with Crippen molar-refractivity contribution in [3.05, 3.63) is 65.5 Å². The fraction of sp³-hybridized carbons (Fsp3) is 0.409. The minimum absolute atomic E-state index is 0. The minimum atomic E-state index is -0.213. The number of aliphatic imine (C=N–C) groups is 1. The number of aliphatic hydroxyl groups excluding tert-OH is 1. The van der Waals surface area contributed by atoms with E-state index < -0.39 is 0 Å². The average molecular weight is 514 g/mol. The fourth-order valence-electron chi connectivity index (χ4n) is 3.12. The Morgan fingerprint density at radius 3 is 2.34 bits per heavy atom. The summed E-state index contributed by atoms with van der Waals surface area (Å²) in [6, 6.07) is 15.2. The van der Waals surface area contributed by atoms with Crippen LogP contribution >= 0.6 is 24.0 Å². The van der Waals surface area contributed by atoms with Crippen molar-refractivity contribution in [2.45, 2.75) is 26.3 Å². The first kappa shape index (κ1) is 25.2. The van der Waals surface area contributed by atoms with Crippen molar-refractivity contribution in [2.75, 3.05) is 38.2 Å². The number of nitrogens with one attached hydrogen (secondary N) is 2. The Balaban J connectivity index is 0.00000420. The topological polar surface area (TPSA) is 59.9 Å². The van der Waals surface area contributed by atoms with Crippen LogP contribution in [0, 0.1) is 5.82 Å². The molecule has 5 nitrogen and oxygen atoms in total. The van der Waals surface area contributed by atoms with E-state index in [1.807, 2.05) is 61.2 Å². The first-order valence-corrected chi connectivity index (χ1v) is 9.76. The van der Waals surface area contributed by atoms with Gasteiger partial charge in [-0.15, -0.1) is 24.0 Å². The van der Waals surface area contributed by atoms with Crippen LogP contribution in [0.3, 0.4) is 0 Å². The number of hydrogen-bond donors (Lipinski definition) is 3. The monoisotopic (exact) mass is 514 g/mol. The van der Waals surface area contributed by atoms with E-state index in [-0.39, 0.29) is 42.3 Å². The van der Waals surface area contributed by atoms with E-state index in [1.165, 1.54) is 0 Å². The summed E-state index contributed by atoms with van der Waals surface area (Å²) in [4.78, 5) is 6.20. The summed E-state index contributed by atoms with van der Waals surface area (Å²) in [5.74, 6) is 0.378. The van der Waals surface area contributed by atoms with Crippen LogP contribution in [0.15, 0.2) is 53.5 Å². The van der Waals surface area contributed by atoms with Crippen molar-refractivity contribution in [3.8, 4) is 0 Å². The molecule has 0 amide bonds. The van der Waals surface area contributed by atoms with Gasteiger partial charge in [0.2, 0.25) is 0 Å². The molecule has 0 aliphatic rings. The van der Waals surface area contributed by atoms with Crippen LogP contribution in [0.25, 0.3) is 0 Å². The zero-order valence-electron chi connectivity index (χ0n) is 17.4. The van der Waals surface area contributed by atoms with Gasteiger partial charge in [-0.3, -0.25) is 4.99 Å². The van der Waals surface area contributed by atoms with Gasteiger partial charge in [0.1, 0.15) is 5.82 Å². The smallest absolute Gasteiger partial charge is 0.191 e. The normalized spacial score (nSPS) is 12.1. The lowest BCUT2D eigenvalue weighted by Gasteiger charge is -2.22. The summed E-state index contributed by atoms with van der Waals surface area (Å²) < 4.78 is 14.4. The largest absolute Gasteiger partial charge is 0.396 e. The van der Waals surface area contributed by atoms with E-state index in [1.54, 1.807) is 13.1 Å². The van der Waals surface area contributed by atoms with Crippen LogP contribution in [-0.4, -0.2) is 44.4 Å². The Kier molecular flexibility index (Phi) is 11.6. The second-order valence-corrected chi connectivity index (χ2v) is 6.55. The maximum Gasteiger partial charge on any atom is 0.191 e. The lowest BCUT2D eigenvalue weighted by atomic mass is 10.0. The van der Waals surface area contributed by atoms with Crippen molar-refractivity contribution in [1.82, 2.24) is 10.6 Å². The maximum absolute atomic E-state index is 14.4. The summed E-state index contributed by atoms with van der Waals surface area (Å²) in [6.45, 7) is 6.64. The average Bonchev–Trinajstić information content (AvgIpc) is 2.73. The number of anilines is 1. The molecule has 0 radical (unpaired) electrons. The molecule has 0 spiro atoms. The van der Waals surface area contributed by atoms with Gasteiger partial charge in [-0.2, -0.15) is 0 Å². The first-order valence-electron chi connectivity index (χ1n) is 9.76. The van der Waals surface area contributed by atoms with Gasteiger partial charge in [0.05, 0.1) is 12.3 Å². The number of rotatable bonds is 9. The highest BCUT2D eigenvalue weighted by Gasteiger charge is 2.12. The van der Waals surface area contributed by atoms with Gasteiger partial charge in [-0.1, -0.05) is 36.4 Å². The summed E-state index contributed by atoms with van der Waals surface area (Å²) in [5.41, 5.74) is 2.55. The highest BCUT2D eigenvalue weighted by Crippen LogP contribution is 2.20. The summed E-state index contributed by atoms with van der Waals surface area (Å²) in [6.07, 6.45) is 0. The minimum Gasteiger partial charge on any atom is -0.396 e. The molecular weight excluding hydrogens is 482 g/mol.